The number of nitrogens with one attached hydrogen (secondary N) is 2. The summed E-state index contributed by atoms with van der Waals surface area (Å²) in [6, 6.07) is 41.7. The van der Waals surface area contributed by atoms with Gasteiger partial charge in [0.2, 0.25) is 11.8 Å². The minimum absolute atomic E-state index is 0.00572. The highest BCUT2D eigenvalue weighted by Gasteiger charge is 2.32. The zero-order chi connectivity index (χ0) is 35.4. The van der Waals surface area contributed by atoms with Gasteiger partial charge in [0.25, 0.3) is 0 Å². The monoisotopic (exact) mass is 701 g/mol. The highest BCUT2D eigenvalue weighted by Crippen LogP contribution is 2.40. The summed E-state index contributed by atoms with van der Waals surface area (Å²) in [7, 11) is 0. The maximum atomic E-state index is 12.5. The van der Waals surface area contributed by atoms with Crippen LogP contribution in [0, 0.1) is 0 Å². The Morgan fingerprint density at radius 2 is 1.47 bits per heavy atom. The highest BCUT2D eigenvalue weighted by atomic mass is 32.2. The number of rotatable bonds is 14. The SMILES string of the molecule is Nc1ccccc1NC(=O)CCCC(=O)NCc1cccc(-c2ccc([C@H]3O[C@@H](CSc4ccccc4)C[C@@H](c4ccc(CO)cc4)O3)cc2)c1. The number of hydrogen-bond donors (Lipinski definition) is 4. The summed E-state index contributed by atoms with van der Waals surface area (Å²) in [5.41, 5.74) is 12.9. The van der Waals surface area contributed by atoms with Gasteiger partial charge in [-0.25, -0.2) is 0 Å². The Balaban J connectivity index is 1.04. The Kier molecular flexibility index (Phi) is 12.5. The minimum Gasteiger partial charge on any atom is -0.397 e. The summed E-state index contributed by atoms with van der Waals surface area (Å²) in [6.45, 7) is 0.399. The molecule has 0 aromatic heterocycles. The molecule has 0 unspecified atom stereocenters. The van der Waals surface area contributed by atoms with E-state index in [0.29, 0.717) is 24.3 Å². The topological polar surface area (TPSA) is 123 Å². The van der Waals surface area contributed by atoms with Crippen molar-refractivity contribution in [2.75, 3.05) is 16.8 Å². The van der Waals surface area contributed by atoms with E-state index >= 15 is 0 Å². The van der Waals surface area contributed by atoms with E-state index < -0.39 is 6.29 Å². The van der Waals surface area contributed by atoms with Gasteiger partial charge in [0, 0.05) is 42.0 Å². The fourth-order valence-corrected chi connectivity index (χ4v) is 6.89. The number of carbonyl (C=O) groups is 2. The lowest BCUT2D eigenvalue weighted by molar-refractivity contribution is -0.245. The zero-order valence-electron chi connectivity index (χ0n) is 28.4. The van der Waals surface area contributed by atoms with Crippen molar-refractivity contribution < 1.29 is 24.2 Å². The van der Waals surface area contributed by atoms with Crippen LogP contribution in [-0.2, 0) is 32.2 Å². The molecule has 1 fully saturated rings. The molecule has 5 N–H and O–H groups in total. The number of nitrogen functional groups attached to an aromatic ring is 1. The second-order valence-electron chi connectivity index (χ2n) is 12.6. The molecule has 262 valence electrons. The normalized spacial score (nSPS) is 17.1. The summed E-state index contributed by atoms with van der Waals surface area (Å²) in [5, 5.41) is 15.3. The molecule has 2 amide bonds. The molecule has 1 aliphatic heterocycles. The number of carbonyl (C=O) groups excluding carboxylic acids is 2. The zero-order valence-corrected chi connectivity index (χ0v) is 29.2. The molecule has 9 heteroatoms. The van der Waals surface area contributed by atoms with Crippen molar-refractivity contribution in [3.8, 4) is 11.1 Å². The first-order chi connectivity index (χ1) is 24.9. The van der Waals surface area contributed by atoms with Gasteiger partial charge in [-0.2, -0.15) is 0 Å². The Labute approximate surface area is 303 Å². The fraction of sp³-hybridized carbons (Fsp3) is 0.238. The van der Waals surface area contributed by atoms with Crippen molar-refractivity contribution in [2.24, 2.45) is 0 Å². The van der Waals surface area contributed by atoms with Crippen LogP contribution in [0.4, 0.5) is 11.4 Å². The van der Waals surface area contributed by atoms with Crippen LogP contribution in [0.5, 0.6) is 0 Å². The van der Waals surface area contributed by atoms with Crippen molar-refractivity contribution in [3.63, 3.8) is 0 Å². The molecule has 51 heavy (non-hydrogen) atoms. The van der Waals surface area contributed by atoms with Crippen LogP contribution in [0.25, 0.3) is 11.1 Å². The molecule has 6 rings (SSSR count). The van der Waals surface area contributed by atoms with Gasteiger partial charge in [-0.15, -0.1) is 11.8 Å². The third-order valence-corrected chi connectivity index (χ3v) is 9.91. The van der Waals surface area contributed by atoms with Gasteiger partial charge < -0.3 is 30.9 Å². The average molecular weight is 702 g/mol. The molecule has 0 saturated carbocycles. The van der Waals surface area contributed by atoms with E-state index in [-0.39, 0.29) is 43.5 Å². The number of amides is 2. The maximum Gasteiger partial charge on any atom is 0.224 e. The van der Waals surface area contributed by atoms with Gasteiger partial charge in [-0.1, -0.05) is 97.1 Å². The van der Waals surface area contributed by atoms with Gasteiger partial charge in [0.15, 0.2) is 6.29 Å². The van der Waals surface area contributed by atoms with E-state index in [9.17, 15) is 14.7 Å². The molecular formula is C42H43N3O5S. The molecule has 8 nitrogen and oxygen atoms in total. The highest BCUT2D eigenvalue weighted by molar-refractivity contribution is 7.99. The number of ether oxygens (including phenoxy) is 2. The lowest BCUT2D eigenvalue weighted by Gasteiger charge is -2.36. The first kappa shape index (κ1) is 35.9. The summed E-state index contributed by atoms with van der Waals surface area (Å²) in [4.78, 5) is 26.0. The molecule has 5 aromatic carbocycles. The predicted molar refractivity (Wildman–Crippen MR) is 203 cm³/mol. The third kappa shape index (κ3) is 10.3. The van der Waals surface area contributed by atoms with Gasteiger partial charge in [0.1, 0.15) is 0 Å². The summed E-state index contributed by atoms with van der Waals surface area (Å²) >= 11 is 1.78. The van der Waals surface area contributed by atoms with Crippen molar-refractivity contribution in [1.29, 1.82) is 0 Å². The summed E-state index contributed by atoms with van der Waals surface area (Å²) < 4.78 is 13.1. The number of nitrogens with two attached hydrogens (primary N) is 1. The van der Waals surface area contributed by atoms with Crippen LogP contribution in [0.15, 0.2) is 132 Å². The molecule has 1 heterocycles. The van der Waals surface area contributed by atoms with E-state index in [4.69, 9.17) is 15.2 Å². The number of thioether (sulfide) groups is 1. The molecule has 0 radical (unpaired) electrons. The molecular weight excluding hydrogens is 659 g/mol. The minimum atomic E-state index is -0.527. The number of aliphatic hydroxyl groups excluding tert-OH is 1. The van der Waals surface area contributed by atoms with Gasteiger partial charge >= 0.3 is 0 Å². The number of benzene rings is 5. The summed E-state index contributed by atoms with van der Waals surface area (Å²) in [5.74, 6) is 0.527. The molecule has 0 aliphatic carbocycles. The number of para-hydroxylation sites is 2. The van der Waals surface area contributed by atoms with Crippen molar-refractivity contribution in [2.45, 2.75) is 62.2 Å². The van der Waals surface area contributed by atoms with Crippen molar-refractivity contribution >= 4 is 35.0 Å². The Morgan fingerprint density at radius 1 is 0.745 bits per heavy atom. The number of hydrogen-bond acceptors (Lipinski definition) is 7. The molecule has 0 spiro atoms. The molecule has 5 aromatic rings. The van der Waals surface area contributed by atoms with E-state index in [2.05, 4.69) is 59.2 Å². The second-order valence-corrected chi connectivity index (χ2v) is 13.7. The van der Waals surface area contributed by atoms with Crippen LogP contribution in [0.2, 0.25) is 0 Å². The number of anilines is 2. The van der Waals surface area contributed by atoms with Gasteiger partial charge in [-0.05, 0) is 64.6 Å². The summed E-state index contributed by atoms with van der Waals surface area (Å²) in [6.07, 6.45) is 0.967. The predicted octanol–water partition coefficient (Wildman–Crippen LogP) is 8.19. The van der Waals surface area contributed by atoms with E-state index in [0.717, 1.165) is 45.6 Å². The van der Waals surface area contributed by atoms with Crippen LogP contribution >= 0.6 is 11.8 Å². The quantitative estimate of drug-likeness (QED) is 0.0680. The maximum absolute atomic E-state index is 12.5. The largest absolute Gasteiger partial charge is 0.397 e. The first-order valence-corrected chi connectivity index (χ1v) is 18.2. The van der Waals surface area contributed by atoms with E-state index in [1.54, 1.807) is 23.9 Å². The average Bonchev–Trinajstić information content (AvgIpc) is 3.17. The standard InChI is InChI=1S/C42H43N3O5S/c43-37-12-4-5-13-38(37)45-41(48)15-7-14-40(47)44-26-30-8-6-9-34(24-30)31-20-22-33(23-21-31)42-49-35(28-51-36-10-2-1-3-11-36)25-39(50-42)32-18-16-29(27-46)17-19-32/h1-6,8-13,16-24,35,39,42,46H,7,14-15,25-28,43H2,(H,44,47)(H,45,48)/t35-,39+,42+/m1/s1. The van der Waals surface area contributed by atoms with Crippen molar-refractivity contribution in [1.82, 2.24) is 5.32 Å². The Bertz CT molecular complexity index is 1890. The van der Waals surface area contributed by atoms with E-state index in [1.807, 2.05) is 66.7 Å². The first-order valence-electron chi connectivity index (χ1n) is 17.2. The van der Waals surface area contributed by atoms with Crippen LogP contribution in [0.1, 0.15) is 60.3 Å². The smallest absolute Gasteiger partial charge is 0.224 e. The fourth-order valence-electron chi connectivity index (χ4n) is 5.94. The molecule has 0 bridgehead atoms. The second kappa shape index (κ2) is 17.8. The lowest BCUT2D eigenvalue weighted by Crippen LogP contribution is -2.31. The number of aliphatic hydroxyl groups is 1. The van der Waals surface area contributed by atoms with Gasteiger partial charge in [-0.3, -0.25) is 9.59 Å². The Morgan fingerprint density at radius 3 is 2.24 bits per heavy atom. The van der Waals surface area contributed by atoms with Crippen LogP contribution in [-0.4, -0.2) is 28.8 Å². The third-order valence-electron chi connectivity index (χ3n) is 8.77. The molecule has 3 atom stereocenters. The molecule has 1 saturated heterocycles. The Hall–Kier alpha value is -4.93. The lowest BCUT2D eigenvalue weighted by atomic mass is 9.99. The van der Waals surface area contributed by atoms with Gasteiger partial charge in [0.05, 0.1) is 30.2 Å². The van der Waals surface area contributed by atoms with Crippen LogP contribution in [0.3, 0.4) is 0 Å². The van der Waals surface area contributed by atoms with Crippen molar-refractivity contribution in [3.05, 3.63) is 150 Å². The molecule has 1 aliphatic rings. The van der Waals surface area contributed by atoms with Crippen LogP contribution < -0.4 is 16.4 Å². The van der Waals surface area contributed by atoms with E-state index in [1.165, 1.54) is 4.90 Å².